The molecule has 0 heterocycles. The number of hydrogen-bond acceptors (Lipinski definition) is 7. The average Bonchev–Trinajstić information content (AvgIpc) is 3.24. The van der Waals surface area contributed by atoms with Gasteiger partial charge in [-0.2, -0.15) is 0 Å². The van der Waals surface area contributed by atoms with Gasteiger partial charge in [-0.15, -0.1) is 0 Å². The number of benzene rings is 5. The fraction of sp³-hybridized carbons (Fsp3) is 0.122. The van der Waals surface area contributed by atoms with E-state index < -0.39 is 0 Å². The van der Waals surface area contributed by atoms with Gasteiger partial charge in [-0.3, -0.25) is 19.2 Å². The molecule has 0 saturated heterocycles. The number of nitrogens with one attached hydrogen (secondary N) is 4. The Morgan fingerprint density at radius 3 is 1.40 bits per heavy atom. The molecule has 0 aromatic heterocycles. The summed E-state index contributed by atoms with van der Waals surface area (Å²) in [6.07, 6.45) is 3.29. The van der Waals surface area contributed by atoms with Gasteiger partial charge in [-0.25, -0.2) is 0 Å². The van der Waals surface area contributed by atoms with Crippen molar-refractivity contribution >= 4 is 41.0 Å². The molecule has 0 fully saturated rings. The van der Waals surface area contributed by atoms with Gasteiger partial charge in [0.15, 0.2) is 5.78 Å². The Morgan fingerprint density at radius 2 is 0.964 bits per heavy atom. The number of nitrogens with zero attached hydrogens (tertiary/aromatic N) is 6. The number of carbonyl (C=O) groups is 4. The Balaban J connectivity index is 0.000000258. The molecule has 0 aliphatic carbocycles. The molecule has 0 radical (unpaired) electrons. The van der Waals surface area contributed by atoms with Gasteiger partial charge in [0.05, 0.1) is 0 Å². The molecule has 5 aromatic rings. The third-order valence-corrected chi connectivity index (χ3v) is 7.14. The van der Waals surface area contributed by atoms with Crippen molar-refractivity contribution in [3.8, 4) is 0 Å². The van der Waals surface area contributed by atoms with Gasteiger partial charge in [-0.1, -0.05) is 119 Å². The first kappa shape index (κ1) is 43.7. The molecule has 0 atom stereocenters. The minimum atomic E-state index is -0.160. The van der Waals surface area contributed by atoms with Gasteiger partial charge >= 0.3 is 0 Å². The lowest BCUT2D eigenvalue weighted by molar-refractivity contribution is -0.116. The highest BCUT2D eigenvalue weighted by Gasteiger charge is 2.09. The van der Waals surface area contributed by atoms with Gasteiger partial charge in [0, 0.05) is 77.2 Å². The lowest BCUT2D eigenvalue weighted by Gasteiger charge is -2.03. The molecule has 5 aromatic carbocycles. The molecular formula is C41H42N10O4. The van der Waals surface area contributed by atoms with Crippen LogP contribution in [0.1, 0.15) is 47.8 Å². The molecule has 0 aliphatic heterocycles. The highest BCUT2D eigenvalue weighted by molar-refractivity contribution is 6.09. The van der Waals surface area contributed by atoms with Gasteiger partial charge in [0.2, 0.25) is 5.91 Å². The summed E-state index contributed by atoms with van der Waals surface area (Å²) < 4.78 is 0. The minimum Gasteiger partial charge on any atom is -0.356 e. The van der Waals surface area contributed by atoms with Crippen molar-refractivity contribution in [3.05, 3.63) is 194 Å². The smallest absolute Gasteiger partial charge is 0.251 e. The monoisotopic (exact) mass is 738 g/mol. The van der Waals surface area contributed by atoms with E-state index in [4.69, 9.17) is 11.1 Å². The summed E-state index contributed by atoms with van der Waals surface area (Å²) in [6.45, 7) is 0.830. The molecular weight excluding hydrogens is 697 g/mol. The normalized spacial score (nSPS) is 9.45. The van der Waals surface area contributed by atoms with Crippen molar-refractivity contribution < 1.29 is 19.2 Å². The summed E-state index contributed by atoms with van der Waals surface area (Å²) >= 11 is 0. The number of rotatable bonds is 10. The van der Waals surface area contributed by atoms with E-state index in [2.05, 4.69) is 41.3 Å². The first-order valence-electron chi connectivity index (χ1n) is 16.7. The zero-order chi connectivity index (χ0) is 40.3. The van der Waals surface area contributed by atoms with Crippen LogP contribution in [0.25, 0.3) is 27.0 Å². The Morgan fingerprint density at radius 1 is 0.545 bits per heavy atom. The van der Waals surface area contributed by atoms with Crippen LogP contribution in [0, 0.1) is 0 Å². The third kappa shape index (κ3) is 16.6. The second kappa shape index (κ2) is 25.5. The molecule has 0 bridgehead atoms. The quantitative estimate of drug-likeness (QED) is 0.0367. The van der Waals surface area contributed by atoms with Gasteiger partial charge in [-0.05, 0) is 59.6 Å². The SMILES string of the molecule is CNC(=O)C=Cc1ccccc1.CNC(=O)c1ccc(C(=O)c2ccccc2)cc1.CNC(=O)c1ccc(N=[N+]=[N-])cc1.CNCc1ccc(N=[N+]=[N-])cc1. The standard InChI is InChI=1S/C15H13NO2.C10H11NO.C8H8N4O.C8H10N4/c1-16-15(18)13-9-7-12(8-10-13)14(17)11-5-3-2-4-6-11;1-11-10(12)8-7-9-5-3-2-4-6-9;1-10-8(13)6-2-4-7(5-3-6)11-12-9;1-10-6-7-2-4-8(5-3-7)11-12-9/h2-10H,1H3,(H,16,18);2-8H,1H3,(H,11,12);2-5H,1H3,(H,10,13);2-5,10H,6H2,1H3. The summed E-state index contributed by atoms with van der Waals surface area (Å²) in [5.74, 6) is -0.445. The van der Waals surface area contributed by atoms with Crippen molar-refractivity contribution in [2.75, 3.05) is 28.2 Å². The number of hydrogen-bond donors (Lipinski definition) is 4. The Hall–Kier alpha value is -7.50. The molecule has 280 valence electrons. The van der Waals surface area contributed by atoms with E-state index in [0.29, 0.717) is 33.6 Å². The molecule has 3 amide bonds. The van der Waals surface area contributed by atoms with Crippen LogP contribution in [0.3, 0.4) is 0 Å². The van der Waals surface area contributed by atoms with Gasteiger partial charge < -0.3 is 21.3 Å². The predicted molar refractivity (Wildman–Crippen MR) is 216 cm³/mol. The number of ketones is 1. The maximum absolute atomic E-state index is 12.1. The summed E-state index contributed by atoms with van der Waals surface area (Å²) in [5, 5.41) is 17.4. The maximum atomic E-state index is 12.1. The molecule has 5 rings (SSSR count). The number of amides is 3. The van der Waals surface area contributed by atoms with Crippen molar-refractivity contribution in [3.63, 3.8) is 0 Å². The highest BCUT2D eigenvalue weighted by Crippen LogP contribution is 2.14. The Labute approximate surface area is 319 Å². The van der Waals surface area contributed by atoms with Crippen LogP contribution in [0.4, 0.5) is 11.4 Å². The number of likely N-dealkylation sites (N-methyl/N-ethyl adjacent to an activating group) is 1. The molecule has 55 heavy (non-hydrogen) atoms. The Kier molecular flexibility index (Phi) is 20.2. The van der Waals surface area contributed by atoms with Crippen LogP contribution >= 0.6 is 0 Å². The fourth-order valence-electron chi connectivity index (χ4n) is 4.30. The van der Waals surface area contributed by atoms with Gasteiger partial charge in [0.25, 0.3) is 11.8 Å². The van der Waals surface area contributed by atoms with Crippen LogP contribution in [0.15, 0.2) is 150 Å². The molecule has 0 saturated carbocycles. The van der Waals surface area contributed by atoms with Crippen LogP contribution < -0.4 is 21.3 Å². The fourth-order valence-corrected chi connectivity index (χ4v) is 4.30. The van der Waals surface area contributed by atoms with E-state index >= 15 is 0 Å². The number of azide groups is 2. The lowest BCUT2D eigenvalue weighted by Crippen LogP contribution is -2.17. The van der Waals surface area contributed by atoms with Crippen molar-refractivity contribution in [1.29, 1.82) is 0 Å². The second-order valence-corrected chi connectivity index (χ2v) is 10.9. The summed E-state index contributed by atoms with van der Waals surface area (Å²) in [7, 11) is 6.63. The van der Waals surface area contributed by atoms with E-state index in [9.17, 15) is 19.2 Å². The largest absolute Gasteiger partial charge is 0.356 e. The van der Waals surface area contributed by atoms with E-state index in [0.717, 1.165) is 12.1 Å². The minimum absolute atomic E-state index is 0.0425. The highest BCUT2D eigenvalue weighted by atomic mass is 16.2. The van der Waals surface area contributed by atoms with Crippen LogP contribution in [0.2, 0.25) is 0 Å². The van der Waals surface area contributed by atoms with Crippen molar-refractivity contribution in [2.24, 2.45) is 10.2 Å². The summed E-state index contributed by atoms with van der Waals surface area (Å²) in [6, 6.07) is 39.2. The van der Waals surface area contributed by atoms with Crippen LogP contribution in [-0.4, -0.2) is 51.7 Å². The van der Waals surface area contributed by atoms with E-state index in [1.807, 2.05) is 67.7 Å². The molecule has 0 aliphatic rings. The van der Waals surface area contributed by atoms with Gasteiger partial charge in [0.1, 0.15) is 0 Å². The molecule has 4 N–H and O–H groups in total. The van der Waals surface area contributed by atoms with Crippen molar-refractivity contribution in [2.45, 2.75) is 6.54 Å². The van der Waals surface area contributed by atoms with E-state index in [-0.39, 0.29) is 23.5 Å². The zero-order valence-electron chi connectivity index (χ0n) is 30.9. The topological polar surface area (TPSA) is 214 Å². The van der Waals surface area contributed by atoms with E-state index in [1.54, 1.807) is 100 Å². The van der Waals surface area contributed by atoms with Crippen LogP contribution in [-0.2, 0) is 11.3 Å². The average molecular weight is 739 g/mol. The van der Waals surface area contributed by atoms with Crippen molar-refractivity contribution in [1.82, 2.24) is 21.3 Å². The molecule has 14 nitrogen and oxygen atoms in total. The first-order chi connectivity index (χ1) is 26.7. The summed E-state index contributed by atoms with van der Waals surface area (Å²) in [5.41, 5.74) is 21.9. The maximum Gasteiger partial charge on any atom is 0.251 e. The lowest BCUT2D eigenvalue weighted by atomic mass is 10.0. The second-order valence-electron chi connectivity index (χ2n) is 10.9. The molecule has 0 spiro atoms. The third-order valence-electron chi connectivity index (χ3n) is 7.14. The number of carbonyl (C=O) groups excluding carboxylic acids is 4. The first-order valence-corrected chi connectivity index (χ1v) is 16.7. The zero-order valence-corrected chi connectivity index (χ0v) is 30.9. The predicted octanol–water partition coefficient (Wildman–Crippen LogP) is 8.06. The molecule has 0 unspecified atom stereocenters. The molecule has 14 heteroatoms. The Bertz CT molecular complexity index is 2080. The summed E-state index contributed by atoms with van der Waals surface area (Å²) in [4.78, 5) is 50.6. The van der Waals surface area contributed by atoms with E-state index in [1.165, 1.54) is 11.6 Å². The van der Waals surface area contributed by atoms with Crippen LogP contribution in [0.5, 0.6) is 0 Å².